The van der Waals surface area contributed by atoms with Crippen LogP contribution in [0.1, 0.15) is 18.9 Å². The molecule has 3 rings (SSSR count). The molecule has 0 atom stereocenters. The molecule has 1 aliphatic rings. The van der Waals surface area contributed by atoms with E-state index < -0.39 is 0 Å². The maximum absolute atomic E-state index is 13.0. The van der Waals surface area contributed by atoms with Crippen molar-refractivity contribution in [1.29, 1.82) is 0 Å². The van der Waals surface area contributed by atoms with Gasteiger partial charge in [0.2, 0.25) is 5.91 Å². The minimum Gasteiger partial charge on any atom is -0.495 e. The number of hydrogen-bond donors (Lipinski definition) is 1. The maximum atomic E-state index is 13.0. The molecule has 0 saturated carbocycles. The highest BCUT2D eigenvalue weighted by atomic mass is 16.5. The Balaban J connectivity index is 1.72. The van der Waals surface area contributed by atoms with E-state index in [1.807, 2.05) is 49.4 Å². The van der Waals surface area contributed by atoms with Crippen molar-refractivity contribution >= 4 is 23.6 Å². The highest BCUT2D eigenvalue weighted by Crippen LogP contribution is 2.27. The van der Waals surface area contributed by atoms with Crippen LogP contribution < -0.4 is 14.8 Å². The van der Waals surface area contributed by atoms with Gasteiger partial charge in [-0.3, -0.25) is 9.59 Å². The third-order valence-corrected chi connectivity index (χ3v) is 4.40. The van der Waals surface area contributed by atoms with Crippen LogP contribution in [0, 0.1) is 0 Å². The van der Waals surface area contributed by atoms with Gasteiger partial charge < -0.3 is 19.7 Å². The normalized spacial score (nSPS) is 12.3. The van der Waals surface area contributed by atoms with Gasteiger partial charge in [0.1, 0.15) is 24.7 Å². The van der Waals surface area contributed by atoms with Crippen molar-refractivity contribution in [3.63, 3.8) is 0 Å². The van der Waals surface area contributed by atoms with Gasteiger partial charge >= 0.3 is 0 Å². The molecule has 2 aromatic rings. The number of carbonyl (C=O) groups excluding carboxylic acids is 2. The van der Waals surface area contributed by atoms with Crippen molar-refractivity contribution in [3.8, 4) is 11.5 Å². The SMILES string of the molecule is CCCN(CC(=O)Nc1ccccc1OC)C(=O)C1=Cc2ccccc2OC1. The predicted molar refractivity (Wildman–Crippen MR) is 108 cm³/mol. The maximum Gasteiger partial charge on any atom is 0.253 e. The first-order valence-electron chi connectivity index (χ1n) is 9.27. The van der Waals surface area contributed by atoms with Crippen molar-refractivity contribution in [3.05, 3.63) is 59.7 Å². The molecular weight excluding hydrogens is 356 g/mol. The molecule has 1 aliphatic heterocycles. The lowest BCUT2D eigenvalue weighted by atomic mass is 10.1. The molecule has 1 N–H and O–H groups in total. The van der Waals surface area contributed by atoms with Crippen LogP contribution in [0.2, 0.25) is 0 Å². The third kappa shape index (κ3) is 4.52. The van der Waals surface area contributed by atoms with E-state index >= 15 is 0 Å². The number of anilines is 1. The molecule has 0 aromatic heterocycles. The zero-order chi connectivity index (χ0) is 19.9. The van der Waals surface area contributed by atoms with Crippen LogP contribution in [0.4, 0.5) is 5.69 Å². The van der Waals surface area contributed by atoms with Gasteiger partial charge in [0.05, 0.1) is 18.4 Å². The van der Waals surface area contributed by atoms with Crippen molar-refractivity contribution in [2.24, 2.45) is 0 Å². The zero-order valence-electron chi connectivity index (χ0n) is 16.1. The van der Waals surface area contributed by atoms with Crippen LogP contribution in [0.25, 0.3) is 6.08 Å². The summed E-state index contributed by atoms with van der Waals surface area (Å²) in [5, 5.41) is 2.82. The van der Waals surface area contributed by atoms with Crippen molar-refractivity contribution in [2.45, 2.75) is 13.3 Å². The number of hydrogen-bond acceptors (Lipinski definition) is 4. The number of nitrogens with one attached hydrogen (secondary N) is 1. The van der Waals surface area contributed by atoms with Crippen LogP contribution in [0.15, 0.2) is 54.1 Å². The first-order valence-corrected chi connectivity index (χ1v) is 9.27. The van der Waals surface area contributed by atoms with Gasteiger partial charge in [0.25, 0.3) is 5.91 Å². The van der Waals surface area contributed by atoms with Crippen LogP contribution in [-0.4, -0.2) is 43.5 Å². The fourth-order valence-corrected chi connectivity index (χ4v) is 3.08. The van der Waals surface area contributed by atoms with E-state index in [-0.39, 0.29) is 25.0 Å². The number of amides is 2. The van der Waals surface area contributed by atoms with E-state index in [0.717, 1.165) is 17.7 Å². The van der Waals surface area contributed by atoms with E-state index in [1.165, 1.54) is 0 Å². The molecule has 0 unspecified atom stereocenters. The van der Waals surface area contributed by atoms with Crippen LogP contribution >= 0.6 is 0 Å². The van der Waals surface area contributed by atoms with Crippen molar-refractivity contribution in [1.82, 2.24) is 4.90 Å². The standard InChI is InChI=1S/C22H24N2O4/c1-3-12-24(14-21(25)23-18-9-5-7-11-20(18)27-2)22(26)17-13-16-8-4-6-10-19(16)28-15-17/h4-11,13H,3,12,14-15H2,1-2H3,(H,23,25). The summed E-state index contributed by atoms with van der Waals surface area (Å²) in [5.41, 5.74) is 1.98. The second kappa shape index (κ2) is 9.08. The van der Waals surface area contributed by atoms with Crippen LogP contribution in [0.3, 0.4) is 0 Å². The second-order valence-electron chi connectivity index (χ2n) is 6.47. The fourth-order valence-electron chi connectivity index (χ4n) is 3.08. The van der Waals surface area contributed by atoms with Gasteiger partial charge in [0, 0.05) is 12.1 Å². The Hall–Kier alpha value is -3.28. The number of methoxy groups -OCH3 is 1. The van der Waals surface area contributed by atoms with Crippen molar-refractivity contribution < 1.29 is 19.1 Å². The van der Waals surface area contributed by atoms with E-state index in [4.69, 9.17) is 9.47 Å². The lowest BCUT2D eigenvalue weighted by Gasteiger charge is -2.25. The highest BCUT2D eigenvalue weighted by Gasteiger charge is 2.23. The Kier molecular flexibility index (Phi) is 6.32. The molecule has 2 aromatic carbocycles. The summed E-state index contributed by atoms with van der Waals surface area (Å²) in [5.74, 6) is 0.870. The molecule has 0 fully saturated rings. The van der Waals surface area contributed by atoms with Gasteiger partial charge in [-0.2, -0.15) is 0 Å². The Morgan fingerprint density at radius 1 is 1.14 bits per heavy atom. The Bertz CT molecular complexity index is 892. The number of para-hydroxylation sites is 3. The average molecular weight is 380 g/mol. The number of fused-ring (bicyclic) bond motifs is 1. The van der Waals surface area contributed by atoms with Gasteiger partial charge in [-0.1, -0.05) is 37.3 Å². The number of ether oxygens (including phenoxy) is 2. The molecule has 0 aliphatic carbocycles. The van der Waals surface area contributed by atoms with Gasteiger partial charge in [-0.15, -0.1) is 0 Å². The van der Waals surface area contributed by atoms with E-state index in [9.17, 15) is 9.59 Å². The summed E-state index contributed by atoms with van der Waals surface area (Å²) in [7, 11) is 1.55. The molecule has 0 spiro atoms. The Morgan fingerprint density at radius 3 is 2.68 bits per heavy atom. The third-order valence-electron chi connectivity index (χ3n) is 4.40. The van der Waals surface area contributed by atoms with Gasteiger partial charge in [-0.25, -0.2) is 0 Å². The van der Waals surface area contributed by atoms with Gasteiger partial charge in [-0.05, 0) is 30.7 Å². The zero-order valence-corrected chi connectivity index (χ0v) is 16.1. The molecule has 0 bridgehead atoms. The Morgan fingerprint density at radius 2 is 1.89 bits per heavy atom. The minimum atomic E-state index is -0.274. The van der Waals surface area contributed by atoms with E-state index in [1.54, 1.807) is 24.1 Å². The summed E-state index contributed by atoms with van der Waals surface area (Å²) >= 11 is 0. The first kappa shape index (κ1) is 19.5. The number of carbonyl (C=O) groups is 2. The molecular formula is C22H24N2O4. The average Bonchev–Trinajstić information content (AvgIpc) is 2.73. The molecule has 6 nitrogen and oxygen atoms in total. The molecule has 2 amide bonds. The molecule has 28 heavy (non-hydrogen) atoms. The summed E-state index contributed by atoms with van der Waals surface area (Å²) < 4.78 is 10.9. The molecule has 1 heterocycles. The van der Waals surface area contributed by atoms with E-state index in [2.05, 4.69) is 5.32 Å². The van der Waals surface area contributed by atoms with E-state index in [0.29, 0.717) is 23.6 Å². The quantitative estimate of drug-likeness (QED) is 0.800. The molecule has 0 saturated heterocycles. The molecule has 146 valence electrons. The summed E-state index contributed by atoms with van der Waals surface area (Å²) in [6.45, 7) is 2.62. The monoisotopic (exact) mass is 380 g/mol. The van der Waals surface area contributed by atoms with Crippen molar-refractivity contribution in [2.75, 3.05) is 32.1 Å². The van der Waals surface area contributed by atoms with Gasteiger partial charge in [0.15, 0.2) is 0 Å². The largest absolute Gasteiger partial charge is 0.495 e. The first-order chi connectivity index (χ1) is 13.6. The van der Waals surface area contributed by atoms with Crippen LogP contribution in [-0.2, 0) is 9.59 Å². The van der Waals surface area contributed by atoms with Crippen LogP contribution in [0.5, 0.6) is 11.5 Å². The summed E-state index contributed by atoms with van der Waals surface area (Å²) in [4.78, 5) is 27.1. The lowest BCUT2D eigenvalue weighted by Crippen LogP contribution is -2.40. The molecule has 6 heteroatoms. The summed E-state index contributed by atoms with van der Waals surface area (Å²) in [6.07, 6.45) is 2.58. The summed E-state index contributed by atoms with van der Waals surface area (Å²) in [6, 6.07) is 14.7. The number of benzene rings is 2. The fraction of sp³-hybridized carbons (Fsp3) is 0.273. The number of nitrogens with zero attached hydrogens (tertiary/aromatic N) is 1. The topological polar surface area (TPSA) is 67.9 Å². The minimum absolute atomic E-state index is 0.0380. The smallest absolute Gasteiger partial charge is 0.253 e. The second-order valence-corrected chi connectivity index (χ2v) is 6.47. The predicted octanol–water partition coefficient (Wildman–Crippen LogP) is 3.35. The Labute approximate surface area is 164 Å². The number of rotatable bonds is 7. The molecule has 0 radical (unpaired) electrons. The lowest BCUT2D eigenvalue weighted by molar-refractivity contribution is -0.131. The highest BCUT2D eigenvalue weighted by molar-refractivity contribution is 6.02.